The molecule has 1 aliphatic rings. The number of carbonyl (C=O) groups excluding carboxylic acids is 1. The lowest BCUT2D eigenvalue weighted by molar-refractivity contribution is -0.144. The highest BCUT2D eigenvalue weighted by atomic mass is 16.5. The summed E-state index contributed by atoms with van der Waals surface area (Å²) in [6.45, 7) is 4.63. The smallest absolute Gasteiger partial charge is 0.305 e. The van der Waals surface area contributed by atoms with Gasteiger partial charge in [0, 0.05) is 23.7 Å². The molecule has 0 amide bonds. The first-order valence-corrected chi connectivity index (χ1v) is 7.93. The van der Waals surface area contributed by atoms with Crippen LogP contribution >= 0.6 is 0 Å². The molecule has 2 aromatic rings. The standard InChI is InChI=1S/C18H20N2O3/c1-3-22-15(21)7-9-18(11-19)17-14(8-10-23-18)13-6-4-5-12(2)16(13)20-17/h4-6,20H,3,7-10H2,1-2H3. The van der Waals surface area contributed by atoms with E-state index in [1.54, 1.807) is 6.92 Å². The van der Waals surface area contributed by atoms with Gasteiger partial charge in [0.2, 0.25) is 0 Å². The average Bonchev–Trinajstić information content (AvgIpc) is 2.94. The minimum absolute atomic E-state index is 0.162. The highest BCUT2D eigenvalue weighted by Gasteiger charge is 2.41. The van der Waals surface area contributed by atoms with Gasteiger partial charge in [-0.25, -0.2) is 0 Å². The van der Waals surface area contributed by atoms with Crippen molar-refractivity contribution in [1.29, 1.82) is 5.26 Å². The molecule has 0 fully saturated rings. The maximum Gasteiger partial charge on any atom is 0.305 e. The molecule has 120 valence electrons. The van der Waals surface area contributed by atoms with Crippen LogP contribution in [0.25, 0.3) is 10.9 Å². The second-order valence-electron chi connectivity index (χ2n) is 5.82. The number of carbonyl (C=O) groups is 1. The number of rotatable bonds is 4. The summed E-state index contributed by atoms with van der Waals surface area (Å²) in [5, 5.41) is 10.9. The summed E-state index contributed by atoms with van der Waals surface area (Å²) in [6.07, 6.45) is 1.22. The maximum absolute atomic E-state index is 11.7. The molecular formula is C18H20N2O3. The SMILES string of the molecule is CCOC(=O)CCC1(C#N)OCCc2c1[nH]c1c(C)cccc21. The largest absolute Gasteiger partial charge is 0.466 e. The first kappa shape index (κ1) is 15.6. The second kappa shape index (κ2) is 6.05. The highest BCUT2D eigenvalue weighted by molar-refractivity contribution is 5.88. The molecule has 0 spiro atoms. The summed E-state index contributed by atoms with van der Waals surface area (Å²) in [5.41, 5.74) is 2.99. The van der Waals surface area contributed by atoms with Crippen LogP contribution in [0.15, 0.2) is 18.2 Å². The van der Waals surface area contributed by atoms with Crippen molar-refractivity contribution in [2.45, 2.75) is 38.7 Å². The number of fused-ring (bicyclic) bond motifs is 3. The molecule has 23 heavy (non-hydrogen) atoms. The Morgan fingerprint density at radius 1 is 1.52 bits per heavy atom. The molecule has 0 aliphatic carbocycles. The number of aromatic amines is 1. The number of aryl methyl sites for hydroxylation is 1. The van der Waals surface area contributed by atoms with Crippen molar-refractivity contribution in [1.82, 2.24) is 4.98 Å². The molecule has 0 saturated heterocycles. The Bertz CT molecular complexity index is 787. The molecule has 2 heterocycles. The van der Waals surface area contributed by atoms with Crippen LogP contribution in [0.4, 0.5) is 0 Å². The average molecular weight is 312 g/mol. The van der Waals surface area contributed by atoms with Gasteiger partial charge >= 0.3 is 5.97 Å². The maximum atomic E-state index is 11.7. The van der Waals surface area contributed by atoms with Gasteiger partial charge < -0.3 is 14.5 Å². The van der Waals surface area contributed by atoms with Gasteiger partial charge in [-0.05, 0) is 31.4 Å². The molecule has 1 N–H and O–H groups in total. The lowest BCUT2D eigenvalue weighted by atomic mass is 9.88. The van der Waals surface area contributed by atoms with E-state index in [-0.39, 0.29) is 12.4 Å². The normalized spacial score (nSPS) is 20.0. The Morgan fingerprint density at radius 3 is 3.09 bits per heavy atom. The van der Waals surface area contributed by atoms with E-state index >= 15 is 0 Å². The highest BCUT2D eigenvalue weighted by Crippen LogP contribution is 2.40. The summed E-state index contributed by atoms with van der Waals surface area (Å²) in [5.74, 6) is -0.301. The number of hydrogen-bond donors (Lipinski definition) is 1. The third kappa shape index (κ3) is 2.60. The van der Waals surface area contributed by atoms with E-state index in [1.807, 2.05) is 19.1 Å². The fraction of sp³-hybridized carbons (Fsp3) is 0.444. The Balaban J connectivity index is 2.02. The van der Waals surface area contributed by atoms with Gasteiger partial charge in [0.05, 0.1) is 18.9 Å². The van der Waals surface area contributed by atoms with Crippen LogP contribution in [-0.4, -0.2) is 24.2 Å². The topological polar surface area (TPSA) is 75.1 Å². The first-order chi connectivity index (χ1) is 11.1. The Labute approximate surface area is 135 Å². The lowest BCUT2D eigenvalue weighted by Gasteiger charge is -2.31. The third-order valence-electron chi connectivity index (χ3n) is 4.42. The molecular weight excluding hydrogens is 292 g/mol. The van der Waals surface area contributed by atoms with Crippen LogP contribution < -0.4 is 0 Å². The number of benzene rings is 1. The molecule has 0 saturated carbocycles. The Hall–Kier alpha value is -2.32. The van der Waals surface area contributed by atoms with Gasteiger partial charge in [0.15, 0.2) is 5.60 Å². The van der Waals surface area contributed by atoms with Gasteiger partial charge in [0.1, 0.15) is 6.07 Å². The number of aromatic nitrogens is 1. The summed E-state index contributed by atoms with van der Waals surface area (Å²) < 4.78 is 10.8. The van der Waals surface area contributed by atoms with Gasteiger partial charge in [0.25, 0.3) is 0 Å². The number of H-pyrrole nitrogens is 1. The number of esters is 1. The van der Waals surface area contributed by atoms with E-state index in [0.717, 1.165) is 34.1 Å². The summed E-state index contributed by atoms with van der Waals surface area (Å²) >= 11 is 0. The van der Waals surface area contributed by atoms with E-state index < -0.39 is 5.60 Å². The molecule has 3 rings (SSSR count). The number of para-hydroxylation sites is 1. The summed E-state index contributed by atoms with van der Waals surface area (Å²) in [4.78, 5) is 15.1. The van der Waals surface area contributed by atoms with E-state index in [9.17, 15) is 10.1 Å². The monoisotopic (exact) mass is 312 g/mol. The fourth-order valence-electron chi connectivity index (χ4n) is 3.28. The number of hydrogen-bond acceptors (Lipinski definition) is 4. The van der Waals surface area contributed by atoms with E-state index in [4.69, 9.17) is 9.47 Å². The zero-order valence-electron chi connectivity index (χ0n) is 13.4. The molecule has 0 radical (unpaired) electrons. The van der Waals surface area contributed by atoms with Gasteiger partial charge in [-0.15, -0.1) is 0 Å². The van der Waals surface area contributed by atoms with Crippen molar-refractivity contribution in [3.63, 3.8) is 0 Å². The first-order valence-electron chi connectivity index (χ1n) is 7.93. The quantitative estimate of drug-likeness (QED) is 0.880. The van der Waals surface area contributed by atoms with Crippen molar-refractivity contribution in [2.75, 3.05) is 13.2 Å². The predicted octanol–water partition coefficient (Wildman–Crippen LogP) is 3.11. The van der Waals surface area contributed by atoms with Crippen LogP contribution in [0.2, 0.25) is 0 Å². The van der Waals surface area contributed by atoms with Crippen LogP contribution in [-0.2, 0) is 26.3 Å². The van der Waals surface area contributed by atoms with Crippen molar-refractivity contribution in [3.8, 4) is 6.07 Å². The number of nitrogens with zero attached hydrogens (tertiary/aromatic N) is 1. The molecule has 1 atom stereocenters. The molecule has 1 unspecified atom stereocenters. The van der Waals surface area contributed by atoms with E-state index in [0.29, 0.717) is 19.6 Å². The minimum Gasteiger partial charge on any atom is -0.466 e. The molecule has 5 heteroatoms. The van der Waals surface area contributed by atoms with Crippen LogP contribution in [0, 0.1) is 18.3 Å². The summed E-state index contributed by atoms with van der Waals surface area (Å²) in [6, 6.07) is 8.42. The van der Waals surface area contributed by atoms with Crippen molar-refractivity contribution in [2.24, 2.45) is 0 Å². The summed E-state index contributed by atoms with van der Waals surface area (Å²) in [7, 11) is 0. The van der Waals surface area contributed by atoms with Crippen molar-refractivity contribution in [3.05, 3.63) is 35.0 Å². The Kier molecular flexibility index (Phi) is 4.10. The predicted molar refractivity (Wildman–Crippen MR) is 85.8 cm³/mol. The van der Waals surface area contributed by atoms with Crippen molar-refractivity contribution < 1.29 is 14.3 Å². The zero-order valence-corrected chi connectivity index (χ0v) is 13.4. The van der Waals surface area contributed by atoms with E-state index in [2.05, 4.69) is 17.1 Å². The van der Waals surface area contributed by atoms with E-state index in [1.165, 1.54) is 0 Å². The van der Waals surface area contributed by atoms with Crippen molar-refractivity contribution >= 4 is 16.9 Å². The molecule has 1 aromatic heterocycles. The minimum atomic E-state index is -1.11. The van der Waals surface area contributed by atoms with Crippen LogP contribution in [0.3, 0.4) is 0 Å². The molecule has 0 bridgehead atoms. The van der Waals surface area contributed by atoms with Crippen LogP contribution in [0.5, 0.6) is 0 Å². The second-order valence-corrected chi connectivity index (χ2v) is 5.82. The fourth-order valence-corrected chi connectivity index (χ4v) is 3.28. The molecule has 1 aromatic carbocycles. The Morgan fingerprint density at radius 2 is 2.35 bits per heavy atom. The lowest BCUT2D eigenvalue weighted by Crippen LogP contribution is -2.35. The zero-order chi connectivity index (χ0) is 16.4. The van der Waals surface area contributed by atoms with Gasteiger partial charge in [-0.3, -0.25) is 4.79 Å². The van der Waals surface area contributed by atoms with Gasteiger partial charge in [-0.1, -0.05) is 18.2 Å². The third-order valence-corrected chi connectivity index (χ3v) is 4.42. The number of ether oxygens (including phenoxy) is 2. The van der Waals surface area contributed by atoms with Gasteiger partial charge in [-0.2, -0.15) is 5.26 Å². The van der Waals surface area contributed by atoms with Crippen LogP contribution in [0.1, 0.15) is 36.6 Å². The number of nitriles is 1. The molecule has 5 nitrogen and oxygen atoms in total. The molecule has 1 aliphatic heterocycles. The number of nitrogens with one attached hydrogen (secondary N) is 1.